The van der Waals surface area contributed by atoms with E-state index in [2.05, 4.69) is 28.6 Å². The fourth-order valence-corrected chi connectivity index (χ4v) is 5.70. The average molecular weight is 526 g/mol. The fourth-order valence-electron chi connectivity index (χ4n) is 5.70. The molecule has 1 aliphatic heterocycles. The van der Waals surface area contributed by atoms with Crippen molar-refractivity contribution in [1.82, 2.24) is 10.3 Å². The van der Waals surface area contributed by atoms with E-state index in [-0.39, 0.29) is 21.2 Å². The maximum atomic E-state index is 14.0. The maximum Gasteiger partial charge on any atom is 0.337 e. The number of carbonyl (C=O) groups excluding carboxylic acids is 2. The Bertz CT molecular complexity index is 1580. The van der Waals surface area contributed by atoms with Crippen LogP contribution in [0.2, 0.25) is 0 Å². The van der Waals surface area contributed by atoms with Crippen molar-refractivity contribution in [3.63, 3.8) is 0 Å². The summed E-state index contributed by atoms with van der Waals surface area (Å²) in [5.74, 6) is -0.358. The smallest absolute Gasteiger partial charge is 0.337 e. The summed E-state index contributed by atoms with van der Waals surface area (Å²) >= 11 is 0. The molecule has 2 N–H and O–H groups in total. The van der Waals surface area contributed by atoms with Gasteiger partial charge in [-0.05, 0) is 49.4 Å². The van der Waals surface area contributed by atoms with E-state index < -0.39 is 11.9 Å². The SMILES string of the molecule is C=C/C(=C\N=C)COC(=O)C1=C(C)NC2=C(C(=O)C[C@H](c3ccccc3OC)C2)C1c1cccc2[nH]ccc12.[HH].[HH]. The van der Waals surface area contributed by atoms with Crippen LogP contribution in [0, 0.1) is 0 Å². The van der Waals surface area contributed by atoms with Gasteiger partial charge in [-0.25, -0.2) is 4.79 Å². The highest BCUT2D eigenvalue weighted by Crippen LogP contribution is 2.48. The summed E-state index contributed by atoms with van der Waals surface area (Å²) in [5.41, 5.74) is 5.96. The Hall–Kier alpha value is -4.65. The second-order valence-corrected chi connectivity index (χ2v) is 9.71. The monoisotopic (exact) mass is 525 g/mol. The van der Waals surface area contributed by atoms with E-state index in [1.165, 1.54) is 6.20 Å². The molecule has 0 spiro atoms. The number of hydrogen-bond acceptors (Lipinski definition) is 6. The number of nitrogens with zero attached hydrogens (tertiary/aromatic N) is 1. The number of nitrogens with one attached hydrogen (secondary N) is 2. The molecule has 7 heteroatoms. The van der Waals surface area contributed by atoms with Gasteiger partial charge in [-0.15, -0.1) is 0 Å². The van der Waals surface area contributed by atoms with Crippen LogP contribution in [0.25, 0.3) is 10.9 Å². The van der Waals surface area contributed by atoms with Gasteiger partial charge in [0.25, 0.3) is 0 Å². The quantitative estimate of drug-likeness (QED) is 0.203. The van der Waals surface area contributed by atoms with Gasteiger partial charge < -0.3 is 19.8 Å². The average Bonchev–Trinajstić information content (AvgIpc) is 3.43. The lowest BCUT2D eigenvalue weighted by molar-refractivity contribution is -0.138. The molecule has 1 aliphatic carbocycles. The van der Waals surface area contributed by atoms with Crippen LogP contribution in [-0.4, -0.2) is 37.2 Å². The summed E-state index contributed by atoms with van der Waals surface area (Å²) in [6, 6.07) is 15.7. The molecule has 3 aromatic rings. The van der Waals surface area contributed by atoms with Crippen LogP contribution in [0.5, 0.6) is 5.75 Å². The normalized spacial score (nSPS) is 19.4. The zero-order valence-electron chi connectivity index (χ0n) is 22.1. The molecular weight excluding hydrogens is 490 g/mol. The predicted molar refractivity (Wildman–Crippen MR) is 157 cm³/mol. The van der Waals surface area contributed by atoms with Crippen LogP contribution >= 0.6 is 0 Å². The van der Waals surface area contributed by atoms with Gasteiger partial charge >= 0.3 is 5.97 Å². The van der Waals surface area contributed by atoms with E-state index in [4.69, 9.17) is 9.47 Å². The Morgan fingerprint density at radius 1 is 1.15 bits per heavy atom. The summed E-state index contributed by atoms with van der Waals surface area (Å²) in [5, 5.41) is 4.37. The first-order valence-corrected chi connectivity index (χ1v) is 12.8. The standard InChI is InChI=1S/C32H31N3O4.2H2/c1-5-20(17-33-3)18-39-32(37)29-19(2)35-26-15-21(22-9-6-7-12-28(22)38-4)16-27(36)31(26)30(29)24-10-8-11-25-23(24)13-14-34-25;;/h5-14,17,21,30,34-35H,1,3,15-16,18H2,2,4H3;2*1H/b20-17+;;/t21-,30?;;/m1../s1. The zero-order valence-corrected chi connectivity index (χ0v) is 22.1. The number of Topliss-reactive ketones (excluding diaryl/α,β-unsaturated/α-hetero) is 1. The molecule has 5 rings (SSSR count). The van der Waals surface area contributed by atoms with Crippen molar-refractivity contribution < 1.29 is 21.9 Å². The van der Waals surface area contributed by atoms with Gasteiger partial charge in [-0.2, -0.15) is 0 Å². The molecule has 2 heterocycles. The molecule has 2 aromatic carbocycles. The first-order valence-electron chi connectivity index (χ1n) is 12.8. The highest BCUT2D eigenvalue weighted by atomic mass is 16.5. The summed E-state index contributed by atoms with van der Waals surface area (Å²) in [4.78, 5) is 34.6. The number of carbonyl (C=O) groups is 2. The number of rotatable bonds is 8. The minimum Gasteiger partial charge on any atom is -0.496 e. The van der Waals surface area contributed by atoms with E-state index in [9.17, 15) is 9.59 Å². The molecule has 0 saturated heterocycles. The summed E-state index contributed by atoms with van der Waals surface area (Å²) in [6.45, 7) is 9.06. The second-order valence-electron chi connectivity index (χ2n) is 9.71. The van der Waals surface area contributed by atoms with E-state index in [1.807, 2.05) is 61.7 Å². The topological polar surface area (TPSA) is 92.8 Å². The van der Waals surface area contributed by atoms with Gasteiger partial charge in [-0.3, -0.25) is 9.79 Å². The fraction of sp³-hybridized carbons (Fsp3) is 0.219. The highest BCUT2D eigenvalue weighted by Gasteiger charge is 2.42. The van der Waals surface area contributed by atoms with Crippen LogP contribution < -0.4 is 10.1 Å². The molecule has 39 heavy (non-hydrogen) atoms. The lowest BCUT2D eigenvalue weighted by Crippen LogP contribution is -2.36. The highest BCUT2D eigenvalue weighted by molar-refractivity contribution is 6.05. The van der Waals surface area contributed by atoms with Crippen molar-refractivity contribution >= 4 is 29.4 Å². The largest absolute Gasteiger partial charge is 0.496 e. The van der Waals surface area contributed by atoms with Crippen molar-refractivity contribution in [2.45, 2.75) is 31.6 Å². The van der Waals surface area contributed by atoms with Crippen molar-refractivity contribution in [1.29, 1.82) is 0 Å². The molecule has 0 bridgehead atoms. The predicted octanol–water partition coefficient (Wildman–Crippen LogP) is 6.34. The number of hydrogen-bond donors (Lipinski definition) is 2. The van der Waals surface area contributed by atoms with E-state index in [1.54, 1.807) is 13.2 Å². The summed E-state index contributed by atoms with van der Waals surface area (Å²) in [7, 11) is 1.64. The zero-order chi connectivity index (χ0) is 27.5. The van der Waals surface area contributed by atoms with E-state index in [0.717, 1.165) is 33.5 Å². The van der Waals surface area contributed by atoms with Gasteiger partial charge in [0.1, 0.15) is 12.4 Å². The van der Waals surface area contributed by atoms with Gasteiger partial charge in [-0.1, -0.05) is 43.0 Å². The van der Waals surface area contributed by atoms with Crippen LogP contribution in [-0.2, 0) is 14.3 Å². The number of para-hydroxylation sites is 1. The molecule has 2 aliphatic rings. The number of methoxy groups -OCH3 is 1. The minimum absolute atomic E-state index is 0. The van der Waals surface area contributed by atoms with Gasteiger partial charge in [0, 0.05) is 66.9 Å². The number of esters is 1. The number of ketones is 1. The Morgan fingerprint density at radius 3 is 2.72 bits per heavy atom. The second kappa shape index (κ2) is 11.0. The third-order valence-electron chi connectivity index (χ3n) is 7.46. The number of benzene rings is 2. The molecule has 2 atom stereocenters. The number of aliphatic imine (C=N–C) groups is 1. The van der Waals surface area contributed by atoms with Crippen molar-refractivity contribution in [3.8, 4) is 5.75 Å². The third-order valence-corrected chi connectivity index (χ3v) is 7.46. The Kier molecular flexibility index (Phi) is 7.32. The number of allylic oxidation sites excluding steroid dienone is 3. The van der Waals surface area contributed by atoms with Crippen LogP contribution in [0.15, 0.2) is 107 Å². The van der Waals surface area contributed by atoms with Crippen molar-refractivity contribution in [3.05, 3.63) is 113 Å². The molecule has 1 unspecified atom stereocenters. The van der Waals surface area contributed by atoms with Crippen molar-refractivity contribution in [2.75, 3.05) is 13.7 Å². The van der Waals surface area contributed by atoms with Gasteiger partial charge in [0.2, 0.25) is 0 Å². The molecule has 0 saturated carbocycles. The van der Waals surface area contributed by atoms with Gasteiger partial charge in [0.15, 0.2) is 5.78 Å². The lowest BCUT2D eigenvalue weighted by Gasteiger charge is -2.37. The Balaban J connectivity index is 0.00000231. The molecule has 1 aromatic heterocycles. The minimum atomic E-state index is -0.576. The molecular formula is C32H35N3O4. The molecule has 7 nitrogen and oxygen atoms in total. The number of ether oxygens (including phenoxy) is 2. The number of aromatic amines is 1. The summed E-state index contributed by atoms with van der Waals surface area (Å²) in [6.07, 6.45) is 5.87. The Morgan fingerprint density at radius 2 is 1.95 bits per heavy atom. The third kappa shape index (κ3) is 4.83. The number of aromatic nitrogens is 1. The van der Waals surface area contributed by atoms with E-state index >= 15 is 0 Å². The number of H-pyrrole nitrogens is 1. The van der Waals surface area contributed by atoms with Gasteiger partial charge in [0.05, 0.1) is 12.7 Å². The summed E-state index contributed by atoms with van der Waals surface area (Å²) < 4.78 is 11.3. The molecule has 0 fully saturated rings. The molecule has 202 valence electrons. The Labute approximate surface area is 230 Å². The molecule has 0 radical (unpaired) electrons. The molecule has 0 amide bonds. The van der Waals surface area contributed by atoms with Crippen molar-refractivity contribution in [2.24, 2.45) is 4.99 Å². The first-order chi connectivity index (χ1) is 19.0. The van der Waals surface area contributed by atoms with Crippen LogP contribution in [0.4, 0.5) is 0 Å². The van der Waals surface area contributed by atoms with Crippen LogP contribution in [0.1, 0.15) is 45.6 Å². The number of fused-ring (bicyclic) bond motifs is 1. The first kappa shape index (κ1) is 26.0. The lowest BCUT2D eigenvalue weighted by atomic mass is 9.71. The van der Waals surface area contributed by atoms with Crippen LogP contribution in [0.3, 0.4) is 0 Å². The van der Waals surface area contributed by atoms with E-state index in [0.29, 0.717) is 35.3 Å². The number of dihydropyridines is 1. The maximum absolute atomic E-state index is 14.0.